The molecule has 5 rings (SSSR count). The molecule has 3 heterocycles. The van der Waals surface area contributed by atoms with Crippen LogP contribution in [-0.4, -0.2) is 43.5 Å². The molecule has 1 aliphatic heterocycles. The Hall–Kier alpha value is -3.92. The molecule has 0 amide bonds. The molecular weight excluding hydrogens is 460 g/mol. The fourth-order valence-corrected chi connectivity index (χ4v) is 4.34. The molecule has 0 aliphatic carbocycles. The number of benzene rings is 2. The Morgan fingerprint density at radius 3 is 2.69 bits per heavy atom. The largest absolute Gasteiger partial charge is 0.494 e. The van der Waals surface area contributed by atoms with Crippen LogP contribution in [0.15, 0.2) is 47.3 Å². The van der Waals surface area contributed by atoms with Crippen molar-refractivity contribution in [2.24, 2.45) is 0 Å². The lowest BCUT2D eigenvalue weighted by atomic mass is 10.1. The lowest BCUT2D eigenvalue weighted by molar-refractivity contribution is 0.174. The topological polar surface area (TPSA) is 107 Å². The van der Waals surface area contributed by atoms with Gasteiger partial charge in [0, 0.05) is 29.6 Å². The third-order valence-electron chi connectivity index (χ3n) is 5.98. The van der Waals surface area contributed by atoms with Gasteiger partial charge >= 0.3 is 0 Å². The maximum atomic E-state index is 13.0. The van der Waals surface area contributed by atoms with E-state index in [4.69, 9.17) is 14.2 Å². The summed E-state index contributed by atoms with van der Waals surface area (Å²) in [4.78, 5) is 18.2. The van der Waals surface area contributed by atoms with Crippen LogP contribution in [0.5, 0.6) is 17.2 Å². The molecule has 10 heteroatoms. The highest BCUT2D eigenvalue weighted by molar-refractivity contribution is 5.80. The zero-order valence-corrected chi connectivity index (χ0v) is 20.9. The van der Waals surface area contributed by atoms with Crippen molar-refractivity contribution in [1.29, 1.82) is 0 Å². The van der Waals surface area contributed by atoms with Crippen LogP contribution in [0.3, 0.4) is 0 Å². The monoisotopic (exact) mass is 490 g/mol. The van der Waals surface area contributed by atoms with Crippen molar-refractivity contribution in [1.82, 2.24) is 30.1 Å². The zero-order valence-electron chi connectivity index (χ0n) is 20.9. The van der Waals surface area contributed by atoms with E-state index in [2.05, 4.69) is 46.2 Å². The minimum atomic E-state index is -0.278. The van der Waals surface area contributed by atoms with E-state index in [1.807, 2.05) is 54.1 Å². The van der Waals surface area contributed by atoms with Crippen molar-refractivity contribution >= 4 is 10.9 Å². The van der Waals surface area contributed by atoms with Crippen LogP contribution >= 0.6 is 0 Å². The Morgan fingerprint density at radius 1 is 1.06 bits per heavy atom. The van der Waals surface area contributed by atoms with Gasteiger partial charge in [-0.2, -0.15) is 0 Å². The number of hydrogen-bond acceptors (Lipinski definition) is 8. The molecule has 188 valence electrons. The summed E-state index contributed by atoms with van der Waals surface area (Å²) < 4.78 is 18.5. The minimum absolute atomic E-state index is 0.127. The van der Waals surface area contributed by atoms with E-state index in [0.29, 0.717) is 31.8 Å². The average molecular weight is 491 g/mol. The molecule has 0 bridgehead atoms. The number of ether oxygens (including phenoxy) is 3. The summed E-state index contributed by atoms with van der Waals surface area (Å²) in [6.45, 7) is 10.3. The van der Waals surface area contributed by atoms with E-state index in [-0.39, 0.29) is 17.9 Å². The SMILES string of the molecule is CCOc1ccc2[nH]c(=O)c(CN(Cc3ccc4c(c3)OCO4)Cc3nnnn3C(C)(C)C)cc2c1. The second-order valence-corrected chi connectivity index (χ2v) is 9.82. The first-order valence-corrected chi connectivity index (χ1v) is 12.0. The molecule has 0 radical (unpaired) electrons. The smallest absolute Gasteiger partial charge is 0.252 e. The number of H-pyrrole nitrogens is 1. The van der Waals surface area contributed by atoms with Crippen molar-refractivity contribution in [2.75, 3.05) is 13.4 Å². The third-order valence-corrected chi connectivity index (χ3v) is 5.98. The van der Waals surface area contributed by atoms with E-state index in [1.165, 1.54) is 0 Å². The van der Waals surface area contributed by atoms with Crippen molar-refractivity contribution in [2.45, 2.75) is 52.9 Å². The summed E-state index contributed by atoms with van der Waals surface area (Å²) in [6.07, 6.45) is 0. The first-order chi connectivity index (χ1) is 17.3. The number of fused-ring (bicyclic) bond motifs is 2. The normalized spacial score (nSPS) is 13.0. The summed E-state index contributed by atoms with van der Waals surface area (Å²) in [5.41, 5.74) is 2.04. The van der Waals surface area contributed by atoms with Gasteiger partial charge < -0.3 is 19.2 Å². The highest BCUT2D eigenvalue weighted by Gasteiger charge is 2.23. The fraction of sp³-hybridized carbons (Fsp3) is 0.385. The van der Waals surface area contributed by atoms with Gasteiger partial charge in [0.15, 0.2) is 17.3 Å². The Labute approximate surface area is 208 Å². The Bertz CT molecular complexity index is 1440. The number of aromatic amines is 1. The van der Waals surface area contributed by atoms with E-state index in [1.54, 1.807) is 0 Å². The number of pyridine rings is 1. The average Bonchev–Trinajstić information content (AvgIpc) is 3.49. The number of hydrogen-bond donors (Lipinski definition) is 1. The maximum absolute atomic E-state index is 13.0. The predicted molar refractivity (Wildman–Crippen MR) is 134 cm³/mol. The fourth-order valence-electron chi connectivity index (χ4n) is 4.34. The summed E-state index contributed by atoms with van der Waals surface area (Å²) >= 11 is 0. The Morgan fingerprint density at radius 2 is 1.89 bits per heavy atom. The molecule has 2 aromatic carbocycles. The molecule has 0 spiro atoms. The molecular formula is C26H30N6O4. The number of nitrogens with one attached hydrogen (secondary N) is 1. The molecule has 36 heavy (non-hydrogen) atoms. The van der Waals surface area contributed by atoms with Gasteiger partial charge in [0.05, 0.1) is 18.7 Å². The standard InChI is InChI=1S/C26H30N6O4/c1-5-34-20-7-8-21-18(12-20)11-19(25(33)27-21)14-31(15-24-28-29-30-32(24)26(2,3)4)13-17-6-9-22-23(10-17)36-16-35-22/h6-12H,5,13-16H2,1-4H3,(H,27,33). The van der Waals surface area contributed by atoms with Gasteiger partial charge in [-0.15, -0.1) is 5.10 Å². The van der Waals surface area contributed by atoms with Crippen molar-refractivity contribution in [3.05, 3.63) is 69.8 Å². The quantitative estimate of drug-likeness (QED) is 0.399. The first-order valence-electron chi connectivity index (χ1n) is 12.0. The second kappa shape index (κ2) is 9.62. The van der Waals surface area contributed by atoms with Gasteiger partial charge in [0.1, 0.15) is 5.75 Å². The van der Waals surface area contributed by atoms with Crippen LogP contribution in [-0.2, 0) is 25.2 Å². The molecule has 2 aromatic heterocycles. The lowest BCUT2D eigenvalue weighted by Gasteiger charge is -2.25. The highest BCUT2D eigenvalue weighted by Crippen LogP contribution is 2.33. The van der Waals surface area contributed by atoms with Crippen molar-refractivity contribution in [3.63, 3.8) is 0 Å². The molecule has 4 aromatic rings. The van der Waals surface area contributed by atoms with Gasteiger partial charge in [0.2, 0.25) is 6.79 Å². The summed E-state index contributed by atoms with van der Waals surface area (Å²) in [5.74, 6) is 2.95. The molecule has 1 aliphatic rings. The van der Waals surface area contributed by atoms with E-state index < -0.39 is 0 Å². The van der Waals surface area contributed by atoms with Crippen LogP contribution in [0.4, 0.5) is 0 Å². The van der Waals surface area contributed by atoms with Gasteiger partial charge in [-0.1, -0.05) is 6.07 Å². The lowest BCUT2D eigenvalue weighted by Crippen LogP contribution is -2.31. The Kier molecular flexibility index (Phi) is 6.36. The van der Waals surface area contributed by atoms with Crippen LogP contribution in [0.2, 0.25) is 0 Å². The van der Waals surface area contributed by atoms with Gasteiger partial charge in [-0.05, 0) is 80.1 Å². The molecule has 0 saturated carbocycles. The Balaban J connectivity index is 1.48. The van der Waals surface area contributed by atoms with E-state index >= 15 is 0 Å². The molecule has 10 nitrogen and oxygen atoms in total. The summed E-state index contributed by atoms with van der Waals surface area (Å²) in [6, 6.07) is 13.5. The molecule has 1 N–H and O–H groups in total. The molecule has 0 unspecified atom stereocenters. The summed E-state index contributed by atoms with van der Waals surface area (Å²) in [7, 11) is 0. The van der Waals surface area contributed by atoms with Crippen molar-refractivity contribution in [3.8, 4) is 17.2 Å². The number of nitrogens with zero attached hydrogens (tertiary/aromatic N) is 5. The number of aromatic nitrogens is 5. The molecule has 0 saturated heterocycles. The second-order valence-electron chi connectivity index (χ2n) is 9.82. The van der Waals surface area contributed by atoms with Gasteiger partial charge in [0.25, 0.3) is 5.56 Å². The first kappa shape index (κ1) is 23.8. The zero-order chi connectivity index (χ0) is 25.3. The van der Waals surface area contributed by atoms with Crippen LogP contribution < -0.4 is 19.8 Å². The predicted octanol–water partition coefficient (Wildman–Crippen LogP) is 3.60. The number of rotatable bonds is 8. The minimum Gasteiger partial charge on any atom is -0.494 e. The van der Waals surface area contributed by atoms with Crippen LogP contribution in [0, 0.1) is 0 Å². The third kappa shape index (κ3) is 5.03. The van der Waals surface area contributed by atoms with E-state index in [0.717, 1.165) is 39.5 Å². The van der Waals surface area contributed by atoms with E-state index in [9.17, 15) is 4.79 Å². The van der Waals surface area contributed by atoms with Crippen LogP contribution in [0.1, 0.15) is 44.6 Å². The molecule has 0 atom stereocenters. The summed E-state index contributed by atoms with van der Waals surface area (Å²) in [5, 5.41) is 13.3. The number of tetrazole rings is 1. The van der Waals surface area contributed by atoms with Crippen molar-refractivity contribution < 1.29 is 14.2 Å². The molecule has 0 fully saturated rings. The highest BCUT2D eigenvalue weighted by atomic mass is 16.7. The van der Waals surface area contributed by atoms with Gasteiger partial charge in [-0.25, -0.2) is 4.68 Å². The van der Waals surface area contributed by atoms with Gasteiger partial charge in [-0.3, -0.25) is 9.69 Å². The maximum Gasteiger partial charge on any atom is 0.252 e. The van der Waals surface area contributed by atoms with Crippen LogP contribution in [0.25, 0.3) is 10.9 Å².